The van der Waals surface area contributed by atoms with Gasteiger partial charge in [0.25, 0.3) is 0 Å². The Morgan fingerprint density at radius 1 is 1.40 bits per heavy atom. The number of hydrogen-bond donors (Lipinski definition) is 1. The molecule has 1 heterocycles. The molecule has 0 saturated carbocycles. The van der Waals surface area contributed by atoms with E-state index in [4.69, 9.17) is 16.3 Å². The van der Waals surface area contributed by atoms with E-state index in [1.54, 1.807) is 0 Å². The van der Waals surface area contributed by atoms with Gasteiger partial charge in [-0.05, 0) is 36.1 Å². The summed E-state index contributed by atoms with van der Waals surface area (Å²) < 4.78 is 5.77. The van der Waals surface area contributed by atoms with Gasteiger partial charge in [-0.15, -0.1) is 0 Å². The van der Waals surface area contributed by atoms with Gasteiger partial charge in [0, 0.05) is 11.6 Å². The molecule has 1 saturated heterocycles. The second-order valence-electron chi connectivity index (χ2n) is 4.22. The molecule has 1 N–H and O–H groups in total. The number of halogens is 1. The third kappa shape index (κ3) is 1.67. The molecule has 0 aromatic heterocycles. The highest BCUT2D eigenvalue weighted by atomic mass is 35.5. The highest BCUT2D eigenvalue weighted by molar-refractivity contribution is 6.30. The Labute approximate surface area is 94.6 Å². The van der Waals surface area contributed by atoms with Gasteiger partial charge in [-0.25, -0.2) is 0 Å². The Hall–Kier alpha value is -0.570. The van der Waals surface area contributed by atoms with Crippen LogP contribution in [0.15, 0.2) is 18.2 Å². The lowest BCUT2D eigenvalue weighted by Crippen LogP contribution is -2.44. The van der Waals surface area contributed by atoms with Crippen molar-refractivity contribution in [3.8, 4) is 0 Å². The summed E-state index contributed by atoms with van der Waals surface area (Å²) in [5.41, 5.74) is 2.75. The molecule has 1 aromatic rings. The quantitative estimate of drug-likeness (QED) is 0.729. The van der Waals surface area contributed by atoms with Crippen molar-refractivity contribution in [2.75, 3.05) is 13.2 Å². The summed E-state index contributed by atoms with van der Waals surface area (Å²) in [6.45, 7) is 1.77. The fourth-order valence-corrected chi connectivity index (χ4v) is 2.77. The number of rotatable bonds is 0. The Kier molecular flexibility index (Phi) is 2.43. The summed E-state index contributed by atoms with van der Waals surface area (Å²) in [6.07, 6.45) is 2.56. The summed E-state index contributed by atoms with van der Waals surface area (Å²) in [5, 5.41) is 4.34. The largest absolute Gasteiger partial charge is 0.375 e. The van der Waals surface area contributed by atoms with Crippen LogP contribution in [0.2, 0.25) is 5.02 Å². The predicted octanol–water partition coefficient (Wildman–Crippen LogP) is 2.32. The molecule has 1 fully saturated rings. The van der Waals surface area contributed by atoms with Gasteiger partial charge in [-0.1, -0.05) is 17.7 Å². The Bertz CT molecular complexity index is 380. The number of nitrogens with one attached hydrogen (secondary N) is 1. The maximum absolute atomic E-state index is 6.04. The fraction of sp³-hybridized carbons (Fsp3) is 0.500. The van der Waals surface area contributed by atoms with Gasteiger partial charge in [0.2, 0.25) is 0 Å². The van der Waals surface area contributed by atoms with E-state index >= 15 is 0 Å². The molecule has 0 amide bonds. The number of aryl methyl sites for hydroxylation is 1. The second-order valence-corrected chi connectivity index (χ2v) is 4.66. The molecule has 3 heteroatoms. The highest BCUT2D eigenvalue weighted by Gasteiger charge is 2.32. The van der Waals surface area contributed by atoms with Crippen molar-refractivity contribution in [2.45, 2.75) is 25.0 Å². The highest BCUT2D eigenvalue weighted by Crippen LogP contribution is 2.34. The first-order chi connectivity index (χ1) is 7.34. The molecular weight excluding hydrogens is 210 g/mol. The summed E-state index contributed by atoms with van der Waals surface area (Å²) in [5.74, 6) is 0. The fourth-order valence-electron chi connectivity index (χ4n) is 2.59. The normalized spacial score (nSPS) is 29.4. The molecule has 0 bridgehead atoms. The molecule has 0 spiro atoms. The topological polar surface area (TPSA) is 21.3 Å². The molecule has 0 radical (unpaired) electrons. The third-order valence-electron chi connectivity index (χ3n) is 3.31. The van der Waals surface area contributed by atoms with Crippen molar-refractivity contribution >= 4 is 11.6 Å². The second kappa shape index (κ2) is 3.78. The lowest BCUT2D eigenvalue weighted by molar-refractivity contribution is -0.0138. The van der Waals surface area contributed by atoms with Gasteiger partial charge in [0.1, 0.15) is 0 Å². The zero-order valence-corrected chi connectivity index (χ0v) is 9.26. The van der Waals surface area contributed by atoms with Gasteiger partial charge in [0.05, 0.1) is 18.8 Å². The Balaban J connectivity index is 2.01. The molecule has 1 aliphatic carbocycles. The molecule has 15 heavy (non-hydrogen) atoms. The number of fused-ring (bicyclic) bond motifs is 3. The van der Waals surface area contributed by atoms with Crippen molar-refractivity contribution in [1.82, 2.24) is 5.32 Å². The number of benzene rings is 1. The van der Waals surface area contributed by atoms with E-state index in [0.29, 0.717) is 12.1 Å². The van der Waals surface area contributed by atoms with Crippen molar-refractivity contribution in [1.29, 1.82) is 0 Å². The first kappa shape index (κ1) is 9.64. The predicted molar refractivity (Wildman–Crippen MR) is 60.3 cm³/mol. The monoisotopic (exact) mass is 223 g/mol. The van der Waals surface area contributed by atoms with Crippen molar-refractivity contribution in [3.05, 3.63) is 34.3 Å². The average Bonchev–Trinajstić information content (AvgIpc) is 2.29. The van der Waals surface area contributed by atoms with Crippen LogP contribution in [0.5, 0.6) is 0 Å². The van der Waals surface area contributed by atoms with Gasteiger partial charge in [0.15, 0.2) is 0 Å². The van der Waals surface area contributed by atoms with E-state index in [0.717, 1.165) is 31.0 Å². The summed E-state index contributed by atoms with van der Waals surface area (Å²) >= 11 is 6.04. The van der Waals surface area contributed by atoms with Crippen LogP contribution in [0.25, 0.3) is 0 Å². The molecule has 1 aliphatic heterocycles. The van der Waals surface area contributed by atoms with Crippen LogP contribution in [0.4, 0.5) is 0 Å². The maximum atomic E-state index is 6.04. The summed E-state index contributed by atoms with van der Waals surface area (Å²) in [6, 6.07) is 6.55. The van der Waals surface area contributed by atoms with Crippen LogP contribution < -0.4 is 5.32 Å². The van der Waals surface area contributed by atoms with E-state index in [-0.39, 0.29) is 0 Å². The molecule has 2 unspecified atom stereocenters. The van der Waals surface area contributed by atoms with E-state index < -0.39 is 0 Å². The molecule has 1 aromatic carbocycles. The Morgan fingerprint density at radius 3 is 3.27 bits per heavy atom. The molecule has 2 atom stereocenters. The molecule has 80 valence electrons. The first-order valence-corrected chi connectivity index (χ1v) is 5.86. The zero-order valence-electron chi connectivity index (χ0n) is 8.50. The van der Waals surface area contributed by atoms with Crippen molar-refractivity contribution in [3.63, 3.8) is 0 Å². The van der Waals surface area contributed by atoms with Gasteiger partial charge in [-0.3, -0.25) is 0 Å². The van der Waals surface area contributed by atoms with E-state index in [9.17, 15) is 0 Å². The first-order valence-electron chi connectivity index (χ1n) is 5.48. The summed E-state index contributed by atoms with van der Waals surface area (Å²) in [7, 11) is 0. The van der Waals surface area contributed by atoms with Gasteiger partial charge < -0.3 is 10.1 Å². The molecule has 2 aliphatic rings. The van der Waals surface area contributed by atoms with Crippen LogP contribution in [-0.4, -0.2) is 19.3 Å². The minimum atomic E-state index is 0.338. The number of hydrogen-bond acceptors (Lipinski definition) is 2. The van der Waals surface area contributed by atoms with Crippen LogP contribution >= 0.6 is 11.6 Å². The number of morpholine rings is 1. The van der Waals surface area contributed by atoms with Crippen LogP contribution in [0.3, 0.4) is 0 Å². The minimum Gasteiger partial charge on any atom is -0.375 e. The smallest absolute Gasteiger partial charge is 0.0773 e. The maximum Gasteiger partial charge on any atom is 0.0773 e. The van der Waals surface area contributed by atoms with E-state index in [2.05, 4.69) is 17.4 Å². The number of ether oxygens (including phenoxy) is 1. The zero-order chi connectivity index (χ0) is 10.3. The molecular formula is C12H14ClNO. The van der Waals surface area contributed by atoms with Gasteiger partial charge >= 0.3 is 0 Å². The summed E-state index contributed by atoms with van der Waals surface area (Å²) in [4.78, 5) is 0. The van der Waals surface area contributed by atoms with E-state index in [1.165, 1.54) is 11.1 Å². The minimum absolute atomic E-state index is 0.338. The SMILES string of the molecule is Clc1ccc2c(c1)C1NCCOC1CC2. The average molecular weight is 224 g/mol. The van der Waals surface area contributed by atoms with Crippen LogP contribution in [0, 0.1) is 0 Å². The Morgan fingerprint density at radius 2 is 2.33 bits per heavy atom. The lowest BCUT2D eigenvalue weighted by atomic mass is 9.85. The van der Waals surface area contributed by atoms with Crippen molar-refractivity contribution < 1.29 is 4.74 Å². The standard InChI is InChI=1S/C12H14ClNO/c13-9-3-1-8-2-4-11-12(10(8)7-9)14-5-6-15-11/h1,3,7,11-12,14H,2,4-6H2. The third-order valence-corrected chi connectivity index (χ3v) is 3.55. The lowest BCUT2D eigenvalue weighted by Gasteiger charge is -2.37. The molecule has 3 rings (SSSR count). The molecule has 2 nitrogen and oxygen atoms in total. The van der Waals surface area contributed by atoms with Crippen molar-refractivity contribution in [2.24, 2.45) is 0 Å². The van der Waals surface area contributed by atoms with Gasteiger partial charge in [-0.2, -0.15) is 0 Å². The van der Waals surface area contributed by atoms with E-state index in [1.807, 2.05) is 6.07 Å². The van der Waals surface area contributed by atoms with Crippen LogP contribution in [-0.2, 0) is 11.2 Å². The van der Waals surface area contributed by atoms with Crippen LogP contribution in [0.1, 0.15) is 23.6 Å².